The lowest BCUT2D eigenvalue weighted by Gasteiger charge is -2.20. The Morgan fingerprint density at radius 2 is 1.10 bits per heavy atom. The zero-order chi connectivity index (χ0) is 50.2. The Hall–Kier alpha value is -5.82. The quantitative estimate of drug-likeness (QED) is 0.0658. The maximum atomic E-state index is 13.3. The molecule has 5 N–H and O–H groups in total. The molecule has 70 heavy (non-hydrogen) atoms. The van der Waals surface area contributed by atoms with E-state index in [1.807, 2.05) is 32.9 Å². The molecule has 2 aliphatic rings. The van der Waals surface area contributed by atoms with E-state index in [0.717, 1.165) is 58.0 Å². The minimum absolute atomic E-state index is 0.00608. The number of ether oxygens (including phenoxy) is 1. The second-order valence-corrected chi connectivity index (χ2v) is 23.6. The Balaban J connectivity index is 0.000000207. The summed E-state index contributed by atoms with van der Waals surface area (Å²) in [5.74, 6) is 1.51. The van der Waals surface area contributed by atoms with E-state index in [-0.39, 0.29) is 33.0 Å². The lowest BCUT2D eigenvalue weighted by Crippen LogP contribution is -2.18. The van der Waals surface area contributed by atoms with Gasteiger partial charge in [0.25, 0.3) is 20.0 Å². The number of methoxy groups -OCH3 is 1. The number of thiazole rings is 2. The summed E-state index contributed by atoms with van der Waals surface area (Å²) in [6.45, 7) is 9.05. The predicted molar refractivity (Wildman–Crippen MR) is 281 cm³/mol. The minimum Gasteiger partial charge on any atom is -0.508 e. The second kappa shape index (κ2) is 22.9. The van der Waals surface area contributed by atoms with Crippen molar-refractivity contribution in [1.29, 1.82) is 0 Å². The van der Waals surface area contributed by atoms with Gasteiger partial charge in [-0.15, -0.1) is 0 Å². The number of phenols is 1. The summed E-state index contributed by atoms with van der Waals surface area (Å²) in [6.07, 6.45) is 12.8. The summed E-state index contributed by atoms with van der Waals surface area (Å²) in [4.78, 5) is 36.1. The van der Waals surface area contributed by atoms with E-state index in [9.17, 15) is 31.5 Å². The number of anilines is 4. The van der Waals surface area contributed by atoms with Crippen molar-refractivity contribution in [3.05, 3.63) is 107 Å². The molecule has 18 heteroatoms. The van der Waals surface area contributed by atoms with E-state index in [1.54, 1.807) is 75.6 Å². The van der Waals surface area contributed by atoms with Crippen LogP contribution in [0, 0.1) is 46.5 Å². The number of hydrogen-bond acceptors (Lipinski definition) is 12. The number of carbonyl (C=O) groups excluding carboxylic acids is 2. The molecule has 14 nitrogen and oxygen atoms in total. The summed E-state index contributed by atoms with van der Waals surface area (Å²) in [6, 6.07) is 21.8. The summed E-state index contributed by atoms with van der Waals surface area (Å²) < 4.78 is 63.3. The first-order valence-electron chi connectivity index (χ1n) is 23.6. The molecular formula is C52H62N6O8S4. The van der Waals surface area contributed by atoms with Crippen molar-refractivity contribution < 1.29 is 36.3 Å². The third-order valence-corrected chi connectivity index (χ3v) is 18.0. The van der Waals surface area contributed by atoms with Gasteiger partial charge in [0.05, 0.1) is 49.4 Å². The fourth-order valence-electron chi connectivity index (χ4n) is 9.00. The van der Waals surface area contributed by atoms with Crippen LogP contribution in [0.5, 0.6) is 11.5 Å². The average molecular weight is 1030 g/mol. The van der Waals surface area contributed by atoms with Gasteiger partial charge < -0.3 is 20.5 Å². The SMILES string of the molecule is COc1ccc(NS(=O)(=O)c2cc(-c3sc(NC(=O)CC4CCCCC4)nc3C)ccc2C)c(C)c1.Cc1ccc(-c2sc(NC(=O)CC3CCCCC3)nc2C)cc1S(=O)(=O)Nc1cccc(O)c1. The van der Waals surface area contributed by atoms with E-state index >= 15 is 0 Å². The van der Waals surface area contributed by atoms with Crippen molar-refractivity contribution in [3.63, 3.8) is 0 Å². The van der Waals surface area contributed by atoms with Gasteiger partial charge in [-0.05, 0) is 142 Å². The Morgan fingerprint density at radius 3 is 1.56 bits per heavy atom. The third kappa shape index (κ3) is 13.5. The number of carbonyl (C=O) groups is 2. The molecule has 2 saturated carbocycles. The summed E-state index contributed by atoms with van der Waals surface area (Å²) in [7, 11) is -6.14. The zero-order valence-corrected chi connectivity index (χ0v) is 43.7. The van der Waals surface area contributed by atoms with Crippen LogP contribution in [0.3, 0.4) is 0 Å². The van der Waals surface area contributed by atoms with E-state index in [1.165, 1.54) is 73.3 Å². The van der Waals surface area contributed by atoms with Crippen LogP contribution >= 0.6 is 22.7 Å². The van der Waals surface area contributed by atoms with E-state index in [0.29, 0.717) is 63.1 Å². The monoisotopic (exact) mass is 1030 g/mol. The number of sulfonamides is 2. The van der Waals surface area contributed by atoms with Gasteiger partial charge in [-0.25, -0.2) is 26.8 Å². The third-order valence-electron chi connectivity index (χ3n) is 12.7. The van der Waals surface area contributed by atoms with Gasteiger partial charge in [-0.1, -0.05) is 91.5 Å². The van der Waals surface area contributed by atoms with Crippen molar-refractivity contribution >= 4 is 76.2 Å². The standard InChI is InChI=1S/C27H33N3O4S2.C25H29N3O4S2/c1-17-10-11-21(16-24(17)36(32,33)30-23-13-12-22(34-4)14-18(23)2)26-19(3)28-27(35-26)29-25(31)15-20-8-6-5-7-9-20;1-16-11-12-19(14-22(16)34(31,32)28-20-9-6-10-21(29)15-20)24-17(2)26-25(33-24)27-23(30)13-18-7-4-3-5-8-18/h10-14,16,20,30H,5-9,15H2,1-4H3,(H,28,29,31);6,9-12,14-15,18,28-29H,3-5,7-8,13H2,1-2H3,(H,26,27,30). The lowest BCUT2D eigenvalue weighted by atomic mass is 9.87. The van der Waals surface area contributed by atoms with Crippen LogP contribution in [-0.4, -0.2) is 50.8 Å². The van der Waals surface area contributed by atoms with E-state index < -0.39 is 20.0 Å². The number of rotatable bonds is 15. The molecule has 2 aliphatic carbocycles. The van der Waals surface area contributed by atoms with Gasteiger partial charge in [-0.2, -0.15) is 0 Å². The van der Waals surface area contributed by atoms with Gasteiger partial charge >= 0.3 is 0 Å². The van der Waals surface area contributed by atoms with Crippen LogP contribution in [0.2, 0.25) is 0 Å². The molecule has 0 radical (unpaired) electrons. The molecule has 0 bridgehead atoms. The first-order valence-corrected chi connectivity index (χ1v) is 28.2. The molecule has 2 fully saturated rings. The van der Waals surface area contributed by atoms with Crippen LogP contribution in [0.1, 0.15) is 105 Å². The molecule has 2 heterocycles. The van der Waals surface area contributed by atoms with Crippen molar-refractivity contribution in [1.82, 2.24) is 9.97 Å². The van der Waals surface area contributed by atoms with Gasteiger partial charge in [0.2, 0.25) is 11.8 Å². The molecule has 2 aromatic heterocycles. The van der Waals surface area contributed by atoms with Crippen LogP contribution in [0.4, 0.5) is 21.6 Å². The Bertz CT molecular complexity index is 3060. The molecular weight excluding hydrogens is 965 g/mol. The highest BCUT2D eigenvalue weighted by atomic mass is 32.2. The largest absolute Gasteiger partial charge is 0.508 e. The predicted octanol–water partition coefficient (Wildman–Crippen LogP) is 12.3. The van der Waals surface area contributed by atoms with Crippen molar-refractivity contribution in [3.8, 4) is 32.4 Å². The fourth-order valence-corrected chi connectivity index (χ4v) is 13.7. The number of aryl methyl sites for hydroxylation is 5. The molecule has 6 aromatic rings. The normalized spacial score (nSPS) is 14.5. The number of nitrogens with one attached hydrogen (secondary N) is 4. The van der Waals surface area contributed by atoms with Crippen molar-refractivity contribution in [2.24, 2.45) is 11.8 Å². The number of amides is 2. The molecule has 0 saturated heterocycles. The number of nitrogens with zero attached hydrogens (tertiary/aromatic N) is 2. The van der Waals surface area contributed by atoms with Crippen molar-refractivity contribution in [2.45, 2.75) is 121 Å². The van der Waals surface area contributed by atoms with E-state index in [2.05, 4.69) is 30.0 Å². The van der Waals surface area contributed by atoms with Gasteiger partial charge in [0.1, 0.15) is 11.5 Å². The summed E-state index contributed by atoms with van der Waals surface area (Å²) in [5, 5.41) is 16.6. The molecule has 8 rings (SSSR count). The Kier molecular flexibility index (Phi) is 17.0. The van der Waals surface area contributed by atoms with E-state index in [4.69, 9.17) is 4.74 Å². The van der Waals surface area contributed by atoms with Crippen LogP contribution in [0.15, 0.2) is 88.7 Å². The molecule has 2 amide bonds. The maximum absolute atomic E-state index is 13.3. The smallest absolute Gasteiger partial charge is 0.262 e. The molecule has 0 atom stereocenters. The molecule has 0 aliphatic heterocycles. The molecule has 0 unspecified atom stereocenters. The number of aromatic nitrogens is 2. The summed E-state index contributed by atoms with van der Waals surface area (Å²) >= 11 is 2.71. The maximum Gasteiger partial charge on any atom is 0.262 e. The number of phenolic OH excluding ortho intramolecular Hbond substituents is 1. The van der Waals surface area contributed by atoms with Gasteiger partial charge in [0.15, 0.2) is 10.3 Å². The highest BCUT2D eigenvalue weighted by Crippen LogP contribution is 2.38. The van der Waals surface area contributed by atoms with Crippen LogP contribution < -0.4 is 24.8 Å². The Morgan fingerprint density at radius 1 is 0.614 bits per heavy atom. The molecule has 4 aromatic carbocycles. The van der Waals surface area contributed by atoms with Crippen LogP contribution in [0.25, 0.3) is 20.9 Å². The lowest BCUT2D eigenvalue weighted by molar-refractivity contribution is -0.118. The van der Waals surface area contributed by atoms with Gasteiger partial charge in [0, 0.05) is 18.9 Å². The first kappa shape index (κ1) is 52.0. The average Bonchev–Trinajstić information content (AvgIpc) is 3.87. The highest BCUT2D eigenvalue weighted by molar-refractivity contribution is 7.93. The van der Waals surface area contributed by atoms with Gasteiger partial charge in [-0.3, -0.25) is 19.0 Å². The first-order chi connectivity index (χ1) is 33.4. The molecule has 0 spiro atoms. The fraction of sp³-hybridized carbons (Fsp3) is 0.385. The zero-order valence-electron chi connectivity index (χ0n) is 40.5. The Labute approximate surface area is 419 Å². The second-order valence-electron chi connectivity index (χ2n) is 18.3. The van der Waals surface area contributed by atoms with Crippen LogP contribution in [-0.2, 0) is 29.6 Å². The number of hydrogen-bond donors (Lipinski definition) is 5. The summed E-state index contributed by atoms with van der Waals surface area (Å²) in [5.41, 5.74) is 5.71. The highest BCUT2D eigenvalue weighted by Gasteiger charge is 2.24. The van der Waals surface area contributed by atoms with Crippen molar-refractivity contribution in [2.75, 3.05) is 27.2 Å². The topological polar surface area (TPSA) is 206 Å². The molecule has 372 valence electrons. The minimum atomic E-state index is -3.88. The number of benzene rings is 4. The number of aromatic hydroxyl groups is 1.